The Morgan fingerprint density at radius 3 is 1.27 bits per heavy atom. The van der Waals surface area contributed by atoms with Crippen molar-refractivity contribution in [3.63, 3.8) is 0 Å². The quantitative estimate of drug-likeness (QED) is 0.184. The number of hydrogen-bond acceptors (Lipinski definition) is 0. The first-order valence-electron chi connectivity index (χ1n) is 15.8. The van der Waals surface area contributed by atoms with Crippen LogP contribution in [0.5, 0.6) is 0 Å². The lowest BCUT2D eigenvalue weighted by Gasteiger charge is -2.23. The van der Waals surface area contributed by atoms with Crippen LogP contribution in [0.1, 0.15) is 49.9 Å². The fourth-order valence-electron chi connectivity index (χ4n) is 8.49. The normalized spacial score (nSPS) is 15.2. The van der Waals surface area contributed by atoms with E-state index in [0.717, 1.165) is 0 Å². The Morgan fingerprint density at radius 2 is 0.705 bits per heavy atom. The Hall–Kier alpha value is -4.94. The van der Waals surface area contributed by atoms with Crippen LogP contribution in [-0.2, 0) is 10.8 Å². The molecule has 0 heteroatoms. The third kappa shape index (κ3) is 3.29. The summed E-state index contributed by atoms with van der Waals surface area (Å²) in [5.74, 6) is 0. The van der Waals surface area contributed by atoms with E-state index < -0.39 is 0 Å². The molecule has 7 aromatic carbocycles. The van der Waals surface area contributed by atoms with Gasteiger partial charge in [-0.3, -0.25) is 0 Å². The second kappa shape index (κ2) is 8.80. The minimum Gasteiger partial charge on any atom is -0.0619 e. The van der Waals surface area contributed by atoms with Gasteiger partial charge in [-0.05, 0) is 100 Å². The van der Waals surface area contributed by atoms with Crippen molar-refractivity contribution in [2.24, 2.45) is 0 Å². The average Bonchev–Trinajstić information content (AvgIpc) is 3.42. The molecule has 0 bridgehead atoms. The summed E-state index contributed by atoms with van der Waals surface area (Å²) in [5, 5.41) is 5.20. The molecule has 0 saturated heterocycles. The van der Waals surface area contributed by atoms with Gasteiger partial charge in [-0.2, -0.15) is 0 Å². The molecule has 0 unspecified atom stereocenters. The number of hydrogen-bond donors (Lipinski definition) is 0. The summed E-state index contributed by atoms with van der Waals surface area (Å²) < 4.78 is 0. The molecule has 0 aliphatic heterocycles. The summed E-state index contributed by atoms with van der Waals surface area (Å²) >= 11 is 0. The minimum absolute atomic E-state index is 0.000541. The van der Waals surface area contributed by atoms with E-state index in [2.05, 4.69) is 161 Å². The van der Waals surface area contributed by atoms with Crippen molar-refractivity contribution >= 4 is 21.5 Å². The van der Waals surface area contributed by atoms with Crippen LogP contribution >= 0.6 is 0 Å². The van der Waals surface area contributed by atoms with Crippen molar-refractivity contribution in [2.45, 2.75) is 38.5 Å². The maximum absolute atomic E-state index is 2.47. The smallest absolute Gasteiger partial charge is 0.0159 e. The predicted octanol–water partition coefficient (Wildman–Crippen LogP) is 11.9. The van der Waals surface area contributed by atoms with Crippen molar-refractivity contribution in [1.82, 2.24) is 0 Å². The molecule has 0 saturated carbocycles. The molecule has 0 radical (unpaired) electrons. The van der Waals surface area contributed by atoms with E-state index >= 15 is 0 Å². The van der Waals surface area contributed by atoms with E-state index in [9.17, 15) is 0 Å². The molecule has 44 heavy (non-hydrogen) atoms. The van der Waals surface area contributed by atoms with Crippen molar-refractivity contribution in [2.75, 3.05) is 0 Å². The Morgan fingerprint density at radius 1 is 0.318 bits per heavy atom. The molecule has 0 aromatic heterocycles. The molecule has 210 valence electrons. The maximum Gasteiger partial charge on any atom is 0.0159 e. The van der Waals surface area contributed by atoms with Gasteiger partial charge in [0.05, 0.1) is 0 Å². The van der Waals surface area contributed by atoms with Crippen LogP contribution in [0, 0.1) is 0 Å². The Kier molecular flexibility index (Phi) is 5.11. The lowest BCUT2D eigenvalue weighted by atomic mass is 9.80. The van der Waals surface area contributed by atoms with Crippen LogP contribution in [0.3, 0.4) is 0 Å². The summed E-state index contributed by atoms with van der Waals surface area (Å²) in [6, 6.07) is 50.2. The molecule has 0 spiro atoms. The molecule has 9 rings (SSSR count). The van der Waals surface area contributed by atoms with Gasteiger partial charge in [-0.1, -0.05) is 149 Å². The van der Waals surface area contributed by atoms with Crippen molar-refractivity contribution in [1.29, 1.82) is 0 Å². The van der Waals surface area contributed by atoms with Crippen molar-refractivity contribution < 1.29 is 0 Å². The van der Waals surface area contributed by atoms with Gasteiger partial charge in [0.25, 0.3) is 0 Å². The Bertz CT molecular complexity index is 2270. The molecule has 0 N–H and O–H groups in total. The molecule has 0 atom stereocenters. The first-order valence-corrected chi connectivity index (χ1v) is 15.8. The predicted molar refractivity (Wildman–Crippen MR) is 187 cm³/mol. The fourth-order valence-corrected chi connectivity index (χ4v) is 8.49. The zero-order valence-corrected chi connectivity index (χ0v) is 25.7. The van der Waals surface area contributed by atoms with E-state index in [4.69, 9.17) is 0 Å². The van der Waals surface area contributed by atoms with Crippen LogP contribution in [0.2, 0.25) is 0 Å². The zero-order chi connectivity index (χ0) is 29.8. The second-order valence-electron chi connectivity index (χ2n) is 13.7. The highest BCUT2D eigenvalue weighted by Gasteiger charge is 2.36. The van der Waals surface area contributed by atoms with Gasteiger partial charge < -0.3 is 0 Å². The molecule has 0 amide bonds. The third-order valence-corrected chi connectivity index (χ3v) is 10.7. The maximum atomic E-state index is 2.47. The third-order valence-electron chi connectivity index (χ3n) is 10.7. The average molecular weight is 563 g/mol. The van der Waals surface area contributed by atoms with Crippen LogP contribution in [0.4, 0.5) is 0 Å². The lowest BCUT2D eigenvalue weighted by Crippen LogP contribution is -2.14. The van der Waals surface area contributed by atoms with Crippen molar-refractivity contribution in [3.8, 4) is 44.5 Å². The van der Waals surface area contributed by atoms with Crippen LogP contribution in [-0.4, -0.2) is 0 Å². The standard InChI is InChI=1S/C44H34/c1-43(2)38-20-12-10-14-30(38)36-25-27(22-24-39(36)43)41-32-15-5-7-17-34(32)42(35-18-8-6-16-33(35)41)28-21-23-31-29-13-9-11-19-37(29)44(3,4)40(31)26-28/h5-26H,1-4H3. The summed E-state index contributed by atoms with van der Waals surface area (Å²) in [5.41, 5.74) is 16.3. The molecular formula is C44H34. The van der Waals surface area contributed by atoms with E-state index in [1.165, 1.54) is 88.3 Å². The van der Waals surface area contributed by atoms with Crippen molar-refractivity contribution in [3.05, 3.63) is 156 Å². The molecule has 0 heterocycles. The van der Waals surface area contributed by atoms with Crippen LogP contribution in [0.25, 0.3) is 66.1 Å². The molecule has 0 fully saturated rings. The first-order chi connectivity index (χ1) is 21.4. The highest BCUT2D eigenvalue weighted by atomic mass is 14.4. The van der Waals surface area contributed by atoms with Gasteiger partial charge in [0.2, 0.25) is 0 Å². The Balaban J connectivity index is 1.32. The number of rotatable bonds is 2. The van der Waals surface area contributed by atoms with Gasteiger partial charge in [0, 0.05) is 10.8 Å². The summed E-state index contributed by atoms with van der Waals surface area (Å²) in [4.78, 5) is 0. The minimum atomic E-state index is -0.0397. The lowest BCUT2D eigenvalue weighted by molar-refractivity contribution is 0.660. The summed E-state index contributed by atoms with van der Waals surface area (Å²) in [6.07, 6.45) is 0. The van der Waals surface area contributed by atoms with E-state index in [1.54, 1.807) is 0 Å². The summed E-state index contributed by atoms with van der Waals surface area (Å²) in [7, 11) is 0. The topological polar surface area (TPSA) is 0 Å². The second-order valence-corrected chi connectivity index (χ2v) is 13.7. The fraction of sp³-hybridized carbons (Fsp3) is 0.136. The van der Waals surface area contributed by atoms with Crippen LogP contribution in [0.15, 0.2) is 133 Å². The molecule has 0 nitrogen and oxygen atoms in total. The van der Waals surface area contributed by atoms with E-state index in [-0.39, 0.29) is 10.8 Å². The highest BCUT2D eigenvalue weighted by molar-refractivity contribution is 6.21. The molecule has 2 aliphatic rings. The highest BCUT2D eigenvalue weighted by Crippen LogP contribution is 2.53. The Labute approximate surface area is 259 Å². The van der Waals surface area contributed by atoms with E-state index in [1.807, 2.05) is 0 Å². The molecule has 2 aliphatic carbocycles. The first kappa shape index (κ1) is 25.5. The molecular weight excluding hydrogens is 528 g/mol. The van der Waals surface area contributed by atoms with Gasteiger partial charge in [0.1, 0.15) is 0 Å². The monoisotopic (exact) mass is 562 g/mol. The van der Waals surface area contributed by atoms with E-state index in [0.29, 0.717) is 0 Å². The number of benzene rings is 7. The van der Waals surface area contributed by atoms with Gasteiger partial charge >= 0.3 is 0 Å². The molecule has 7 aromatic rings. The largest absolute Gasteiger partial charge is 0.0619 e. The summed E-state index contributed by atoms with van der Waals surface area (Å²) in [6.45, 7) is 9.45. The van der Waals surface area contributed by atoms with Gasteiger partial charge in [-0.25, -0.2) is 0 Å². The van der Waals surface area contributed by atoms with Gasteiger partial charge in [-0.15, -0.1) is 0 Å². The van der Waals surface area contributed by atoms with Crippen LogP contribution < -0.4 is 0 Å². The number of fused-ring (bicyclic) bond motifs is 8. The SMILES string of the molecule is CC1(C)c2ccccc2-c2cc(-c3c4ccccc4c(-c4ccc5c(c4)C(C)(C)c4ccccc4-5)c4ccccc34)ccc21. The zero-order valence-electron chi connectivity index (χ0n) is 25.7. The van der Waals surface area contributed by atoms with Gasteiger partial charge in [0.15, 0.2) is 0 Å².